The molecule has 1 amide bonds. The van der Waals surface area contributed by atoms with Gasteiger partial charge in [-0.1, -0.05) is 84.5 Å². The number of hydrogen-bond acceptors (Lipinski definition) is 2. The van der Waals surface area contributed by atoms with Crippen LogP contribution in [0, 0.1) is 0 Å². The van der Waals surface area contributed by atoms with Crippen LogP contribution >= 0.6 is 0 Å². The lowest BCUT2D eigenvalue weighted by molar-refractivity contribution is -0.149. The summed E-state index contributed by atoms with van der Waals surface area (Å²) in [6.07, 6.45) is 15.7. The third-order valence-corrected chi connectivity index (χ3v) is 4.89. The van der Waals surface area contributed by atoms with Gasteiger partial charge < -0.3 is 10.0 Å². The molecule has 0 aromatic carbocycles. The molecule has 0 rings (SSSR count). The summed E-state index contributed by atoms with van der Waals surface area (Å²) in [4.78, 5) is 25.3. The molecule has 0 heterocycles. The van der Waals surface area contributed by atoms with Crippen molar-refractivity contribution in [2.45, 2.75) is 117 Å². The van der Waals surface area contributed by atoms with Crippen molar-refractivity contribution >= 4 is 11.9 Å². The number of nitrogens with zero attached hydrogens (tertiary/aromatic N) is 1. The van der Waals surface area contributed by atoms with E-state index in [0.717, 1.165) is 38.5 Å². The number of carbonyl (C=O) groups excluding carboxylic acids is 1. The Morgan fingerprint density at radius 3 is 1.68 bits per heavy atom. The molecule has 0 aliphatic heterocycles. The van der Waals surface area contributed by atoms with E-state index in [4.69, 9.17) is 0 Å². The molecule has 25 heavy (non-hydrogen) atoms. The molecule has 0 saturated heterocycles. The van der Waals surface area contributed by atoms with Crippen LogP contribution in [-0.2, 0) is 9.59 Å². The van der Waals surface area contributed by atoms with Crippen LogP contribution in [0.4, 0.5) is 0 Å². The van der Waals surface area contributed by atoms with E-state index < -0.39 is 12.0 Å². The van der Waals surface area contributed by atoms with Crippen molar-refractivity contribution in [3.63, 3.8) is 0 Å². The number of carboxylic acids is 1. The fourth-order valence-corrected chi connectivity index (χ4v) is 3.11. The summed E-state index contributed by atoms with van der Waals surface area (Å²) < 4.78 is 0. The van der Waals surface area contributed by atoms with E-state index in [1.165, 1.54) is 44.9 Å². The molecule has 0 aromatic rings. The van der Waals surface area contributed by atoms with Crippen LogP contribution in [0.3, 0.4) is 0 Å². The molecule has 0 aliphatic carbocycles. The Balaban J connectivity index is 3.98. The number of carbonyl (C=O) groups is 2. The summed E-state index contributed by atoms with van der Waals surface area (Å²) in [6.45, 7) is 6.57. The Hall–Kier alpha value is -1.06. The van der Waals surface area contributed by atoms with Crippen molar-refractivity contribution in [3.05, 3.63) is 0 Å². The normalized spacial score (nSPS) is 12.1. The van der Waals surface area contributed by atoms with Crippen molar-refractivity contribution in [2.24, 2.45) is 0 Å². The maximum Gasteiger partial charge on any atom is 0.326 e. The molecule has 0 saturated carbocycles. The van der Waals surface area contributed by atoms with Crippen molar-refractivity contribution < 1.29 is 14.7 Å². The highest BCUT2D eigenvalue weighted by Crippen LogP contribution is 2.13. The summed E-state index contributed by atoms with van der Waals surface area (Å²) in [7, 11) is 0. The van der Waals surface area contributed by atoms with Crippen molar-refractivity contribution in [1.82, 2.24) is 4.90 Å². The van der Waals surface area contributed by atoms with E-state index in [1.54, 1.807) is 11.8 Å². The topological polar surface area (TPSA) is 57.6 Å². The Morgan fingerprint density at radius 1 is 0.760 bits per heavy atom. The summed E-state index contributed by atoms with van der Waals surface area (Å²) in [5.41, 5.74) is 0. The molecule has 1 N–H and O–H groups in total. The smallest absolute Gasteiger partial charge is 0.326 e. The summed E-state index contributed by atoms with van der Waals surface area (Å²) in [5, 5.41) is 9.24. The van der Waals surface area contributed by atoms with Crippen LogP contribution in [0.5, 0.6) is 0 Å². The van der Waals surface area contributed by atoms with Gasteiger partial charge in [-0.2, -0.15) is 0 Å². The van der Waals surface area contributed by atoms with E-state index in [2.05, 4.69) is 13.8 Å². The average molecular weight is 356 g/mol. The number of hydrogen-bond donors (Lipinski definition) is 1. The maximum absolute atomic E-state index is 12.4. The standard InChI is InChI=1S/C21H41NO3/c1-4-6-8-10-11-12-13-14-15-17-20(23)22(19(3)21(24)25)18-16-9-7-5-2/h19H,4-18H2,1-3H3,(H,24,25). The van der Waals surface area contributed by atoms with E-state index in [-0.39, 0.29) is 5.91 Å². The van der Waals surface area contributed by atoms with Crippen LogP contribution in [0.15, 0.2) is 0 Å². The second-order valence-corrected chi connectivity index (χ2v) is 7.24. The number of amides is 1. The SMILES string of the molecule is CCCCCCCCCCCC(=O)N(CCCCCC)C(C)C(=O)O. The average Bonchev–Trinajstić information content (AvgIpc) is 2.59. The minimum absolute atomic E-state index is 0.00865. The number of unbranched alkanes of at least 4 members (excludes halogenated alkanes) is 11. The molecular weight excluding hydrogens is 314 g/mol. The lowest BCUT2D eigenvalue weighted by Crippen LogP contribution is -2.43. The molecule has 0 aliphatic rings. The summed E-state index contributed by atoms with van der Waals surface area (Å²) in [6, 6.07) is -0.715. The predicted octanol–water partition coefficient (Wildman–Crippen LogP) is 5.79. The predicted molar refractivity (Wildman–Crippen MR) is 105 cm³/mol. The first-order chi connectivity index (χ1) is 12.0. The van der Waals surface area contributed by atoms with Gasteiger partial charge in [0, 0.05) is 13.0 Å². The fourth-order valence-electron chi connectivity index (χ4n) is 3.11. The molecule has 4 heteroatoms. The van der Waals surface area contributed by atoms with Crippen LogP contribution in [0.25, 0.3) is 0 Å². The van der Waals surface area contributed by atoms with E-state index in [9.17, 15) is 14.7 Å². The van der Waals surface area contributed by atoms with Crippen LogP contribution < -0.4 is 0 Å². The van der Waals surface area contributed by atoms with Gasteiger partial charge in [0.25, 0.3) is 0 Å². The second kappa shape index (κ2) is 16.4. The number of carboxylic acid groups (broad SMARTS) is 1. The van der Waals surface area contributed by atoms with Gasteiger partial charge in [0.05, 0.1) is 0 Å². The zero-order valence-electron chi connectivity index (χ0n) is 16.9. The van der Waals surface area contributed by atoms with E-state index in [0.29, 0.717) is 13.0 Å². The molecule has 0 radical (unpaired) electrons. The van der Waals surface area contributed by atoms with Crippen molar-refractivity contribution in [1.29, 1.82) is 0 Å². The molecule has 4 nitrogen and oxygen atoms in total. The maximum atomic E-state index is 12.4. The summed E-state index contributed by atoms with van der Waals surface area (Å²) >= 11 is 0. The first kappa shape index (κ1) is 23.9. The van der Waals surface area contributed by atoms with Crippen LogP contribution in [-0.4, -0.2) is 34.5 Å². The Kier molecular flexibility index (Phi) is 15.7. The molecular formula is C21H41NO3. The van der Waals surface area contributed by atoms with Gasteiger partial charge in [-0.15, -0.1) is 0 Å². The van der Waals surface area contributed by atoms with Crippen molar-refractivity contribution in [3.8, 4) is 0 Å². The quantitative estimate of drug-likeness (QED) is 0.336. The molecule has 1 unspecified atom stereocenters. The molecule has 0 aromatic heterocycles. The van der Waals surface area contributed by atoms with Gasteiger partial charge in [0.2, 0.25) is 5.91 Å². The monoisotopic (exact) mass is 355 g/mol. The van der Waals surface area contributed by atoms with Gasteiger partial charge in [-0.25, -0.2) is 4.79 Å². The van der Waals surface area contributed by atoms with Crippen LogP contribution in [0.1, 0.15) is 111 Å². The number of aliphatic carboxylic acids is 1. The molecule has 1 atom stereocenters. The first-order valence-electron chi connectivity index (χ1n) is 10.6. The Labute approximate surface area is 155 Å². The zero-order chi connectivity index (χ0) is 18.9. The fraction of sp³-hybridized carbons (Fsp3) is 0.905. The number of rotatable bonds is 17. The minimum atomic E-state index is -0.907. The van der Waals surface area contributed by atoms with E-state index >= 15 is 0 Å². The van der Waals surface area contributed by atoms with Gasteiger partial charge in [0.15, 0.2) is 0 Å². The first-order valence-corrected chi connectivity index (χ1v) is 10.6. The molecule has 0 spiro atoms. The van der Waals surface area contributed by atoms with Gasteiger partial charge in [0.1, 0.15) is 6.04 Å². The third-order valence-electron chi connectivity index (χ3n) is 4.89. The van der Waals surface area contributed by atoms with Crippen LogP contribution in [0.2, 0.25) is 0 Å². The van der Waals surface area contributed by atoms with Gasteiger partial charge in [-0.3, -0.25) is 4.79 Å². The van der Waals surface area contributed by atoms with E-state index in [1.807, 2.05) is 0 Å². The molecule has 0 fully saturated rings. The Morgan fingerprint density at radius 2 is 1.20 bits per heavy atom. The molecule has 148 valence electrons. The highest BCUT2D eigenvalue weighted by atomic mass is 16.4. The highest BCUT2D eigenvalue weighted by molar-refractivity contribution is 5.83. The molecule has 0 bridgehead atoms. The van der Waals surface area contributed by atoms with Gasteiger partial charge >= 0.3 is 5.97 Å². The minimum Gasteiger partial charge on any atom is -0.480 e. The Bertz CT molecular complexity index is 344. The van der Waals surface area contributed by atoms with Gasteiger partial charge in [-0.05, 0) is 19.8 Å². The third kappa shape index (κ3) is 12.9. The second-order valence-electron chi connectivity index (χ2n) is 7.24. The largest absolute Gasteiger partial charge is 0.480 e. The highest BCUT2D eigenvalue weighted by Gasteiger charge is 2.24. The lowest BCUT2D eigenvalue weighted by Gasteiger charge is -2.26. The summed E-state index contributed by atoms with van der Waals surface area (Å²) in [5.74, 6) is -0.898. The van der Waals surface area contributed by atoms with Crippen molar-refractivity contribution in [2.75, 3.05) is 6.54 Å². The zero-order valence-corrected chi connectivity index (χ0v) is 16.9. The lowest BCUT2D eigenvalue weighted by atomic mass is 10.1.